The first-order valence-corrected chi connectivity index (χ1v) is 6.12. The van der Waals surface area contributed by atoms with Gasteiger partial charge in [0, 0.05) is 0 Å². The molecule has 0 aromatic heterocycles. The van der Waals surface area contributed by atoms with E-state index in [4.69, 9.17) is 16.3 Å². The van der Waals surface area contributed by atoms with Crippen molar-refractivity contribution in [3.05, 3.63) is 57.3 Å². The summed E-state index contributed by atoms with van der Waals surface area (Å²) in [5.74, 6) is 0.672. The summed E-state index contributed by atoms with van der Waals surface area (Å²) in [6.07, 6.45) is 0. The van der Waals surface area contributed by atoms with E-state index in [2.05, 4.69) is 15.9 Å². The van der Waals surface area contributed by atoms with Crippen molar-refractivity contribution in [2.75, 3.05) is 0 Å². The minimum Gasteiger partial charge on any atom is -0.456 e. The third-order valence-corrected chi connectivity index (χ3v) is 3.13. The lowest BCUT2D eigenvalue weighted by Gasteiger charge is -2.08. The molecule has 0 aliphatic rings. The van der Waals surface area contributed by atoms with Crippen molar-refractivity contribution in [3.8, 4) is 11.5 Å². The van der Waals surface area contributed by atoms with Crippen LogP contribution in [0.3, 0.4) is 0 Å². The average molecular weight is 316 g/mol. The van der Waals surface area contributed by atoms with Gasteiger partial charge in [0.25, 0.3) is 0 Å². The highest BCUT2D eigenvalue weighted by Gasteiger charge is 2.08. The van der Waals surface area contributed by atoms with Crippen molar-refractivity contribution in [3.63, 3.8) is 0 Å². The lowest BCUT2D eigenvalue weighted by molar-refractivity contribution is 0.480. The molecule has 17 heavy (non-hydrogen) atoms. The molecule has 0 fully saturated rings. The fourth-order valence-electron chi connectivity index (χ4n) is 1.32. The van der Waals surface area contributed by atoms with E-state index in [0.717, 1.165) is 5.56 Å². The number of halogens is 3. The van der Waals surface area contributed by atoms with E-state index < -0.39 is 5.82 Å². The van der Waals surface area contributed by atoms with Crippen LogP contribution in [0.5, 0.6) is 11.5 Å². The number of rotatable bonds is 2. The summed E-state index contributed by atoms with van der Waals surface area (Å²) >= 11 is 8.99. The molecule has 0 unspecified atom stereocenters. The second kappa shape index (κ2) is 5.07. The Balaban J connectivity index is 2.30. The van der Waals surface area contributed by atoms with Crippen LogP contribution in [-0.4, -0.2) is 0 Å². The molecule has 0 aliphatic carbocycles. The van der Waals surface area contributed by atoms with Gasteiger partial charge in [-0.05, 0) is 47.1 Å². The molecule has 88 valence electrons. The fourth-order valence-corrected chi connectivity index (χ4v) is 1.83. The molecule has 2 aromatic carbocycles. The van der Waals surface area contributed by atoms with Crippen LogP contribution >= 0.6 is 27.5 Å². The smallest absolute Gasteiger partial charge is 0.147 e. The molecule has 0 spiro atoms. The Labute approximate surface area is 112 Å². The predicted octanol–water partition coefficient (Wildman–Crippen LogP) is 5.34. The Morgan fingerprint density at radius 2 is 1.82 bits per heavy atom. The fraction of sp³-hybridized carbons (Fsp3) is 0.0769. The molecule has 1 nitrogen and oxygen atoms in total. The van der Waals surface area contributed by atoms with Crippen LogP contribution < -0.4 is 4.74 Å². The molecule has 2 rings (SSSR count). The van der Waals surface area contributed by atoms with Gasteiger partial charge in [0.1, 0.15) is 17.3 Å². The molecule has 4 heteroatoms. The van der Waals surface area contributed by atoms with Gasteiger partial charge in [-0.15, -0.1) is 0 Å². The molecule has 0 radical (unpaired) electrons. The third kappa shape index (κ3) is 2.99. The molecule has 0 aliphatic heterocycles. The van der Waals surface area contributed by atoms with Gasteiger partial charge in [-0.25, -0.2) is 4.39 Å². The largest absolute Gasteiger partial charge is 0.456 e. The third-order valence-electron chi connectivity index (χ3n) is 2.22. The Kier molecular flexibility index (Phi) is 3.69. The first-order chi connectivity index (χ1) is 8.06. The van der Waals surface area contributed by atoms with E-state index >= 15 is 0 Å². The summed E-state index contributed by atoms with van der Waals surface area (Å²) in [7, 11) is 0. The minimum atomic E-state index is -0.411. The molecule has 0 amide bonds. The van der Waals surface area contributed by atoms with Crippen LogP contribution in [0, 0.1) is 12.7 Å². The maximum atomic E-state index is 13.2. The monoisotopic (exact) mass is 314 g/mol. The Hall–Kier alpha value is -1.06. The summed E-state index contributed by atoms with van der Waals surface area (Å²) < 4.78 is 19.1. The van der Waals surface area contributed by atoms with Crippen LogP contribution in [0.15, 0.2) is 40.9 Å². The van der Waals surface area contributed by atoms with Crippen LogP contribution in [0.1, 0.15) is 5.56 Å². The van der Waals surface area contributed by atoms with Gasteiger partial charge in [0.05, 0.1) is 9.50 Å². The van der Waals surface area contributed by atoms with Crippen molar-refractivity contribution in [1.29, 1.82) is 0 Å². The van der Waals surface area contributed by atoms with E-state index in [-0.39, 0.29) is 5.02 Å². The highest BCUT2D eigenvalue weighted by Crippen LogP contribution is 2.33. The number of hydrogen-bond acceptors (Lipinski definition) is 1. The van der Waals surface area contributed by atoms with Gasteiger partial charge < -0.3 is 4.74 Å². The molecule has 0 saturated carbocycles. The second-order valence-corrected chi connectivity index (χ2v) is 4.87. The molecular weight excluding hydrogens is 306 g/mol. The number of ether oxygens (including phenoxy) is 1. The normalized spacial score (nSPS) is 10.4. The minimum absolute atomic E-state index is 0.242. The van der Waals surface area contributed by atoms with E-state index in [9.17, 15) is 4.39 Å². The second-order valence-electron chi connectivity index (χ2n) is 3.61. The van der Waals surface area contributed by atoms with E-state index in [1.807, 2.05) is 31.2 Å². The average Bonchev–Trinajstić information content (AvgIpc) is 2.29. The first kappa shape index (κ1) is 12.4. The van der Waals surface area contributed by atoms with Crippen molar-refractivity contribution < 1.29 is 9.13 Å². The molecule has 0 heterocycles. The predicted molar refractivity (Wildman–Crippen MR) is 70.4 cm³/mol. The SMILES string of the molecule is Cc1ccc(Oc2cc(Br)c(F)cc2Cl)cc1. The summed E-state index contributed by atoms with van der Waals surface area (Å²) in [6, 6.07) is 10.3. The zero-order valence-electron chi connectivity index (χ0n) is 9.01. The summed E-state index contributed by atoms with van der Waals surface area (Å²) in [5.41, 5.74) is 1.14. The number of hydrogen-bond donors (Lipinski definition) is 0. The topological polar surface area (TPSA) is 9.23 Å². The van der Waals surface area contributed by atoms with Crippen LogP contribution in [0.4, 0.5) is 4.39 Å². The standard InChI is InChI=1S/C13H9BrClFO/c1-8-2-4-9(5-3-8)17-13-6-10(14)12(16)7-11(13)15/h2-7H,1H3. The lowest BCUT2D eigenvalue weighted by atomic mass is 10.2. The van der Waals surface area contributed by atoms with Gasteiger partial charge in [-0.3, -0.25) is 0 Å². The van der Waals surface area contributed by atoms with Crippen molar-refractivity contribution in [1.82, 2.24) is 0 Å². The van der Waals surface area contributed by atoms with E-state index in [1.54, 1.807) is 0 Å². The molecular formula is C13H9BrClFO. The van der Waals surface area contributed by atoms with Gasteiger partial charge in [-0.1, -0.05) is 29.3 Å². The zero-order valence-corrected chi connectivity index (χ0v) is 11.3. The van der Waals surface area contributed by atoms with Gasteiger partial charge in [0.2, 0.25) is 0 Å². The molecule has 2 aromatic rings. The maximum absolute atomic E-state index is 13.2. The zero-order chi connectivity index (χ0) is 12.4. The summed E-state index contributed by atoms with van der Waals surface area (Å²) in [4.78, 5) is 0. The Morgan fingerprint density at radius 3 is 2.47 bits per heavy atom. The molecule has 0 atom stereocenters. The van der Waals surface area contributed by atoms with E-state index in [0.29, 0.717) is 16.0 Å². The molecule has 0 N–H and O–H groups in total. The highest BCUT2D eigenvalue weighted by molar-refractivity contribution is 9.10. The van der Waals surface area contributed by atoms with Crippen LogP contribution in [0.2, 0.25) is 5.02 Å². The van der Waals surface area contributed by atoms with Gasteiger partial charge in [0.15, 0.2) is 0 Å². The quantitative estimate of drug-likeness (QED) is 0.679. The number of aryl methyl sites for hydroxylation is 1. The lowest BCUT2D eigenvalue weighted by Crippen LogP contribution is -1.87. The Bertz CT molecular complexity index is 540. The first-order valence-electron chi connectivity index (χ1n) is 4.95. The molecule has 0 bridgehead atoms. The molecule has 0 saturated heterocycles. The van der Waals surface area contributed by atoms with Gasteiger partial charge >= 0.3 is 0 Å². The summed E-state index contributed by atoms with van der Waals surface area (Å²) in [5, 5.41) is 0.242. The van der Waals surface area contributed by atoms with Gasteiger partial charge in [-0.2, -0.15) is 0 Å². The van der Waals surface area contributed by atoms with Crippen molar-refractivity contribution in [2.24, 2.45) is 0 Å². The van der Waals surface area contributed by atoms with Crippen LogP contribution in [0.25, 0.3) is 0 Å². The number of benzene rings is 2. The highest BCUT2D eigenvalue weighted by atomic mass is 79.9. The maximum Gasteiger partial charge on any atom is 0.147 e. The van der Waals surface area contributed by atoms with E-state index in [1.165, 1.54) is 12.1 Å². The van der Waals surface area contributed by atoms with Crippen LogP contribution in [-0.2, 0) is 0 Å². The Morgan fingerprint density at radius 1 is 1.18 bits per heavy atom. The van der Waals surface area contributed by atoms with Crippen molar-refractivity contribution >= 4 is 27.5 Å². The summed E-state index contributed by atoms with van der Waals surface area (Å²) in [6.45, 7) is 1.99. The van der Waals surface area contributed by atoms with Crippen molar-refractivity contribution in [2.45, 2.75) is 6.92 Å².